The van der Waals surface area contributed by atoms with Crippen LogP contribution in [0.2, 0.25) is 0 Å². The molecular formula is C11H21N. The summed E-state index contributed by atoms with van der Waals surface area (Å²) in [5, 5.41) is 3.61. The van der Waals surface area contributed by atoms with Crippen molar-refractivity contribution in [1.82, 2.24) is 5.32 Å². The molecule has 1 aliphatic heterocycles. The molecule has 1 saturated carbocycles. The molecule has 12 heavy (non-hydrogen) atoms. The minimum absolute atomic E-state index is 0.705. The van der Waals surface area contributed by atoms with E-state index < -0.39 is 0 Å². The molecule has 1 N–H and O–H groups in total. The van der Waals surface area contributed by atoms with E-state index in [0.717, 1.165) is 5.92 Å². The number of hydrogen-bond acceptors (Lipinski definition) is 1. The molecule has 0 radical (unpaired) electrons. The van der Waals surface area contributed by atoms with E-state index in [4.69, 9.17) is 0 Å². The van der Waals surface area contributed by atoms with Gasteiger partial charge in [0.05, 0.1) is 0 Å². The highest BCUT2D eigenvalue weighted by molar-refractivity contribution is 4.92. The molecule has 0 aromatic heterocycles. The quantitative estimate of drug-likeness (QED) is 0.584. The Morgan fingerprint density at radius 1 is 1.17 bits per heavy atom. The lowest BCUT2D eigenvalue weighted by molar-refractivity contribution is 0.198. The fourth-order valence-corrected chi connectivity index (χ4v) is 3.10. The number of rotatable bonds is 0. The summed E-state index contributed by atoms with van der Waals surface area (Å²) >= 11 is 0. The molecule has 0 aromatic carbocycles. The van der Waals surface area contributed by atoms with Gasteiger partial charge in [0.2, 0.25) is 0 Å². The summed E-state index contributed by atoms with van der Waals surface area (Å²) in [4.78, 5) is 0. The topological polar surface area (TPSA) is 12.0 Å². The van der Waals surface area contributed by atoms with Crippen LogP contribution in [0, 0.1) is 11.3 Å². The summed E-state index contributed by atoms with van der Waals surface area (Å²) in [6.07, 6.45) is 8.78. The van der Waals surface area contributed by atoms with E-state index in [9.17, 15) is 0 Å². The molecule has 1 spiro atoms. The van der Waals surface area contributed by atoms with E-state index >= 15 is 0 Å². The van der Waals surface area contributed by atoms with Gasteiger partial charge in [-0.3, -0.25) is 0 Å². The van der Waals surface area contributed by atoms with Gasteiger partial charge in [-0.1, -0.05) is 26.2 Å². The van der Waals surface area contributed by atoms with Gasteiger partial charge < -0.3 is 5.32 Å². The van der Waals surface area contributed by atoms with E-state index in [1.807, 2.05) is 0 Å². The SMILES string of the molecule is CC1CCC[C@@]12CCCCNC2. The third kappa shape index (κ3) is 1.39. The van der Waals surface area contributed by atoms with Gasteiger partial charge in [0.1, 0.15) is 0 Å². The Labute approximate surface area is 75.9 Å². The van der Waals surface area contributed by atoms with Gasteiger partial charge in [-0.05, 0) is 37.1 Å². The van der Waals surface area contributed by atoms with Crippen LogP contribution < -0.4 is 5.32 Å². The normalized spacial score (nSPS) is 43.2. The van der Waals surface area contributed by atoms with Crippen LogP contribution in [0.5, 0.6) is 0 Å². The molecule has 0 amide bonds. The molecule has 1 unspecified atom stereocenters. The monoisotopic (exact) mass is 167 g/mol. The first kappa shape index (κ1) is 8.55. The minimum atomic E-state index is 0.705. The number of nitrogens with one attached hydrogen (secondary N) is 1. The fraction of sp³-hybridized carbons (Fsp3) is 1.00. The summed E-state index contributed by atoms with van der Waals surface area (Å²) in [6, 6.07) is 0. The molecule has 1 saturated heterocycles. The van der Waals surface area contributed by atoms with Crippen LogP contribution in [-0.2, 0) is 0 Å². The summed E-state index contributed by atoms with van der Waals surface area (Å²) in [7, 11) is 0. The first-order valence-corrected chi connectivity index (χ1v) is 5.54. The summed E-state index contributed by atoms with van der Waals surface area (Å²) in [6.45, 7) is 5.02. The summed E-state index contributed by atoms with van der Waals surface area (Å²) in [5.41, 5.74) is 0.705. The molecular weight excluding hydrogens is 146 g/mol. The molecule has 1 heteroatoms. The van der Waals surface area contributed by atoms with Gasteiger partial charge in [0, 0.05) is 6.54 Å². The highest BCUT2D eigenvalue weighted by atomic mass is 14.9. The lowest BCUT2D eigenvalue weighted by Crippen LogP contribution is -2.34. The second-order valence-electron chi connectivity index (χ2n) is 4.79. The molecule has 2 atom stereocenters. The molecule has 0 bridgehead atoms. The van der Waals surface area contributed by atoms with Crippen LogP contribution in [0.3, 0.4) is 0 Å². The second kappa shape index (κ2) is 3.37. The Hall–Kier alpha value is -0.0400. The van der Waals surface area contributed by atoms with Crippen molar-refractivity contribution in [3.05, 3.63) is 0 Å². The predicted molar refractivity (Wildman–Crippen MR) is 52.2 cm³/mol. The van der Waals surface area contributed by atoms with Gasteiger partial charge in [-0.25, -0.2) is 0 Å². The maximum absolute atomic E-state index is 3.61. The lowest BCUT2D eigenvalue weighted by atomic mass is 9.75. The van der Waals surface area contributed by atoms with Crippen LogP contribution in [0.4, 0.5) is 0 Å². The van der Waals surface area contributed by atoms with Gasteiger partial charge in [-0.2, -0.15) is 0 Å². The Morgan fingerprint density at radius 3 is 2.75 bits per heavy atom. The first-order valence-electron chi connectivity index (χ1n) is 5.54. The first-order chi connectivity index (χ1) is 5.83. The third-order valence-electron chi connectivity index (χ3n) is 4.11. The molecule has 70 valence electrons. The van der Waals surface area contributed by atoms with E-state index in [1.54, 1.807) is 0 Å². The standard InChI is InChI=1S/C11H21N/c1-10-5-4-7-11(10)6-2-3-8-12-9-11/h10,12H,2-9H2,1H3/t10?,11-/m1/s1. The van der Waals surface area contributed by atoms with Crippen molar-refractivity contribution in [1.29, 1.82) is 0 Å². The Bertz CT molecular complexity index is 145. The van der Waals surface area contributed by atoms with Crippen LogP contribution >= 0.6 is 0 Å². The highest BCUT2D eigenvalue weighted by Crippen LogP contribution is 2.46. The Balaban J connectivity index is 2.05. The largest absolute Gasteiger partial charge is 0.316 e. The Morgan fingerprint density at radius 2 is 2.00 bits per heavy atom. The zero-order valence-electron chi connectivity index (χ0n) is 8.23. The van der Waals surface area contributed by atoms with Crippen LogP contribution in [0.15, 0.2) is 0 Å². The van der Waals surface area contributed by atoms with E-state index in [0.29, 0.717) is 5.41 Å². The summed E-state index contributed by atoms with van der Waals surface area (Å²) in [5.74, 6) is 0.975. The smallest absolute Gasteiger partial charge is 0.00104 e. The summed E-state index contributed by atoms with van der Waals surface area (Å²) < 4.78 is 0. The van der Waals surface area contributed by atoms with E-state index in [-0.39, 0.29) is 0 Å². The molecule has 2 aliphatic rings. The zero-order valence-corrected chi connectivity index (χ0v) is 8.23. The van der Waals surface area contributed by atoms with E-state index in [2.05, 4.69) is 12.2 Å². The second-order valence-corrected chi connectivity index (χ2v) is 4.79. The number of hydrogen-bond donors (Lipinski definition) is 1. The lowest BCUT2D eigenvalue weighted by Gasteiger charge is -2.32. The van der Waals surface area contributed by atoms with Crippen molar-refractivity contribution in [2.45, 2.75) is 45.4 Å². The molecule has 1 heterocycles. The fourth-order valence-electron chi connectivity index (χ4n) is 3.10. The maximum Gasteiger partial charge on any atom is 0.00104 e. The molecule has 0 aromatic rings. The highest BCUT2D eigenvalue weighted by Gasteiger charge is 2.39. The van der Waals surface area contributed by atoms with Crippen molar-refractivity contribution >= 4 is 0 Å². The molecule has 2 fully saturated rings. The van der Waals surface area contributed by atoms with Gasteiger partial charge in [0.15, 0.2) is 0 Å². The average molecular weight is 167 g/mol. The van der Waals surface area contributed by atoms with Gasteiger partial charge >= 0.3 is 0 Å². The van der Waals surface area contributed by atoms with Gasteiger partial charge in [-0.15, -0.1) is 0 Å². The average Bonchev–Trinajstić information content (AvgIpc) is 2.33. The predicted octanol–water partition coefficient (Wildman–Crippen LogP) is 2.57. The van der Waals surface area contributed by atoms with Crippen LogP contribution in [-0.4, -0.2) is 13.1 Å². The minimum Gasteiger partial charge on any atom is -0.316 e. The van der Waals surface area contributed by atoms with Crippen LogP contribution in [0.25, 0.3) is 0 Å². The Kier molecular flexibility index (Phi) is 2.40. The zero-order chi connectivity index (χ0) is 8.44. The van der Waals surface area contributed by atoms with Crippen molar-refractivity contribution < 1.29 is 0 Å². The van der Waals surface area contributed by atoms with Crippen molar-refractivity contribution in [3.8, 4) is 0 Å². The van der Waals surface area contributed by atoms with Gasteiger partial charge in [0.25, 0.3) is 0 Å². The molecule has 1 nitrogen and oxygen atoms in total. The maximum atomic E-state index is 3.61. The molecule has 1 aliphatic carbocycles. The van der Waals surface area contributed by atoms with Crippen molar-refractivity contribution in [2.75, 3.05) is 13.1 Å². The van der Waals surface area contributed by atoms with Crippen molar-refractivity contribution in [2.24, 2.45) is 11.3 Å². The molecule has 2 rings (SSSR count). The van der Waals surface area contributed by atoms with Crippen molar-refractivity contribution in [3.63, 3.8) is 0 Å². The van der Waals surface area contributed by atoms with E-state index in [1.165, 1.54) is 51.6 Å². The third-order valence-corrected chi connectivity index (χ3v) is 4.11. The van der Waals surface area contributed by atoms with Crippen LogP contribution in [0.1, 0.15) is 45.4 Å².